The van der Waals surface area contributed by atoms with Gasteiger partial charge in [-0.3, -0.25) is 4.79 Å². The van der Waals surface area contributed by atoms with Crippen LogP contribution in [0.5, 0.6) is 0 Å². The zero-order chi connectivity index (χ0) is 35.3. The van der Waals surface area contributed by atoms with Gasteiger partial charge in [-0.05, 0) is 38.5 Å². The average Bonchev–Trinajstić information content (AvgIpc) is 3.09. The normalized spacial score (nSPS) is 14.4. The molecule has 0 rings (SSSR count). The number of aliphatic hydroxyl groups excluding tert-OH is 4. The molecule has 48 heavy (non-hydrogen) atoms. The number of hydrogen-bond donors (Lipinski definition) is 5. The van der Waals surface area contributed by atoms with E-state index in [9.17, 15) is 25.2 Å². The van der Waals surface area contributed by atoms with Gasteiger partial charge < -0.3 is 25.7 Å². The van der Waals surface area contributed by atoms with E-state index in [-0.39, 0.29) is 0 Å². The van der Waals surface area contributed by atoms with Crippen LogP contribution in [-0.4, -0.2) is 57.3 Å². The van der Waals surface area contributed by atoms with Gasteiger partial charge in [-0.15, -0.1) is 0 Å². The second-order valence-electron chi connectivity index (χ2n) is 14.7. The minimum atomic E-state index is -1.26. The van der Waals surface area contributed by atoms with Gasteiger partial charge in [0.2, 0.25) is 5.91 Å². The first-order valence-electron chi connectivity index (χ1n) is 21.1. The van der Waals surface area contributed by atoms with E-state index in [4.69, 9.17) is 0 Å². The highest BCUT2D eigenvalue weighted by atomic mass is 16.3. The van der Waals surface area contributed by atoms with Crippen molar-refractivity contribution in [2.45, 2.75) is 244 Å². The van der Waals surface area contributed by atoms with Gasteiger partial charge in [-0.1, -0.05) is 193 Å². The van der Waals surface area contributed by atoms with Crippen LogP contribution in [0.4, 0.5) is 0 Å². The summed E-state index contributed by atoms with van der Waals surface area (Å²) in [4.78, 5) is 12.5. The van der Waals surface area contributed by atoms with E-state index in [0.717, 1.165) is 38.5 Å². The molecule has 0 spiro atoms. The third kappa shape index (κ3) is 31.1. The van der Waals surface area contributed by atoms with Crippen molar-refractivity contribution in [2.75, 3.05) is 6.61 Å². The number of hydrogen-bond acceptors (Lipinski definition) is 5. The van der Waals surface area contributed by atoms with Crippen LogP contribution in [0.25, 0.3) is 0 Å². The van der Waals surface area contributed by atoms with E-state index in [1.165, 1.54) is 154 Å². The number of amides is 1. The fourth-order valence-electron chi connectivity index (χ4n) is 6.57. The highest BCUT2D eigenvalue weighted by molar-refractivity contribution is 5.80. The molecule has 6 heteroatoms. The molecule has 5 N–H and O–H groups in total. The fraction of sp³-hybridized carbons (Fsp3) is 0.929. The summed E-state index contributed by atoms with van der Waals surface area (Å²) in [6.07, 6.45) is 39.5. The van der Waals surface area contributed by atoms with Crippen LogP contribution < -0.4 is 5.32 Å². The first kappa shape index (κ1) is 47.0. The zero-order valence-corrected chi connectivity index (χ0v) is 32.0. The smallest absolute Gasteiger partial charge is 0.249 e. The second-order valence-corrected chi connectivity index (χ2v) is 14.7. The molecular formula is C42H83NO5. The zero-order valence-electron chi connectivity index (χ0n) is 32.0. The average molecular weight is 682 g/mol. The molecule has 4 atom stereocenters. The minimum Gasteiger partial charge on any atom is -0.394 e. The lowest BCUT2D eigenvalue weighted by molar-refractivity contribution is -0.132. The summed E-state index contributed by atoms with van der Waals surface area (Å²) < 4.78 is 0. The van der Waals surface area contributed by atoms with Crippen molar-refractivity contribution in [1.29, 1.82) is 0 Å². The molecule has 286 valence electrons. The summed E-state index contributed by atoms with van der Waals surface area (Å²) in [5.41, 5.74) is 0. The molecule has 0 heterocycles. The third-order valence-electron chi connectivity index (χ3n) is 9.98. The van der Waals surface area contributed by atoms with Gasteiger partial charge in [0.05, 0.1) is 18.8 Å². The van der Waals surface area contributed by atoms with Crippen molar-refractivity contribution in [3.8, 4) is 0 Å². The molecule has 0 radical (unpaired) electrons. The Hall–Kier alpha value is -0.950. The Labute approximate surface area is 298 Å². The Morgan fingerprint density at radius 3 is 1.21 bits per heavy atom. The molecule has 1 amide bonds. The Balaban J connectivity index is 3.73. The number of rotatable bonds is 38. The molecular weight excluding hydrogens is 598 g/mol. The summed E-state index contributed by atoms with van der Waals surface area (Å²) in [6, 6.07) is -0.982. The molecule has 6 nitrogen and oxygen atoms in total. The van der Waals surface area contributed by atoms with Crippen LogP contribution in [0.15, 0.2) is 12.2 Å². The van der Waals surface area contributed by atoms with E-state index in [1.54, 1.807) is 0 Å². The maximum absolute atomic E-state index is 12.5. The van der Waals surface area contributed by atoms with E-state index < -0.39 is 36.9 Å². The van der Waals surface area contributed by atoms with Crippen LogP contribution in [0.1, 0.15) is 219 Å². The lowest BCUT2D eigenvalue weighted by Crippen LogP contribution is -2.53. The minimum absolute atomic E-state index is 0.366. The lowest BCUT2D eigenvalue weighted by atomic mass is 9.99. The van der Waals surface area contributed by atoms with Gasteiger partial charge in [0.25, 0.3) is 0 Å². The van der Waals surface area contributed by atoms with Gasteiger partial charge in [0.1, 0.15) is 12.2 Å². The summed E-state index contributed by atoms with van der Waals surface area (Å²) >= 11 is 0. The van der Waals surface area contributed by atoms with Crippen molar-refractivity contribution < 1.29 is 25.2 Å². The fourth-order valence-corrected chi connectivity index (χ4v) is 6.57. The maximum atomic E-state index is 12.5. The van der Waals surface area contributed by atoms with Crippen LogP contribution in [0.3, 0.4) is 0 Å². The predicted octanol–water partition coefficient (Wildman–Crippen LogP) is 10.6. The van der Waals surface area contributed by atoms with Gasteiger partial charge in [-0.25, -0.2) is 0 Å². The van der Waals surface area contributed by atoms with Gasteiger partial charge in [0, 0.05) is 0 Å². The largest absolute Gasteiger partial charge is 0.394 e. The highest BCUT2D eigenvalue weighted by Crippen LogP contribution is 2.16. The molecule has 0 aromatic carbocycles. The van der Waals surface area contributed by atoms with Crippen LogP contribution >= 0.6 is 0 Å². The van der Waals surface area contributed by atoms with Crippen LogP contribution in [0, 0.1) is 0 Å². The van der Waals surface area contributed by atoms with Crippen molar-refractivity contribution in [3.05, 3.63) is 12.2 Å². The second kappa shape index (κ2) is 37.3. The van der Waals surface area contributed by atoms with E-state index in [2.05, 4.69) is 31.3 Å². The topological polar surface area (TPSA) is 110 Å². The predicted molar refractivity (Wildman–Crippen MR) is 205 cm³/mol. The van der Waals surface area contributed by atoms with Crippen LogP contribution in [0.2, 0.25) is 0 Å². The van der Waals surface area contributed by atoms with Crippen molar-refractivity contribution in [2.24, 2.45) is 0 Å². The molecule has 0 unspecified atom stereocenters. The quantitative estimate of drug-likeness (QED) is 0.0329. The number of allylic oxidation sites excluding steroid dienone is 2. The summed E-state index contributed by atoms with van der Waals surface area (Å²) in [7, 11) is 0. The SMILES string of the molecule is CCCCCCCCCCC/C=C/CCCCCCCCC[C@H](O)C(=O)N[C@@H](CO)[C@H](O)[C@H](O)CCCCCCCCCCCCCC. The third-order valence-corrected chi connectivity index (χ3v) is 9.98. The maximum Gasteiger partial charge on any atom is 0.249 e. The molecule has 0 aromatic rings. The van der Waals surface area contributed by atoms with Crippen molar-refractivity contribution in [1.82, 2.24) is 5.32 Å². The van der Waals surface area contributed by atoms with E-state index in [0.29, 0.717) is 12.8 Å². The first-order chi connectivity index (χ1) is 23.5. The summed E-state index contributed by atoms with van der Waals surface area (Å²) in [5.74, 6) is -0.587. The standard InChI is InChI=1S/C42H83NO5/c1-3-5-7-9-11-13-15-17-18-19-20-21-22-23-24-26-28-30-32-34-36-40(46)42(48)43-38(37-44)41(47)39(45)35-33-31-29-27-25-16-14-12-10-8-6-4-2/h20-21,38-41,44-47H,3-19,22-37H2,1-2H3,(H,43,48)/b21-20+/t38-,39+,40-,41-/m0/s1. The van der Waals surface area contributed by atoms with Crippen molar-refractivity contribution >= 4 is 5.91 Å². The molecule has 0 fully saturated rings. The van der Waals surface area contributed by atoms with Gasteiger partial charge in [-0.2, -0.15) is 0 Å². The molecule has 0 aliphatic carbocycles. The Morgan fingerprint density at radius 2 is 0.833 bits per heavy atom. The molecule has 0 aromatic heterocycles. The number of nitrogens with one attached hydrogen (secondary N) is 1. The number of carbonyl (C=O) groups is 1. The number of unbranched alkanes of at least 4 members (excludes halogenated alkanes) is 27. The molecule has 0 bridgehead atoms. The molecule has 0 saturated heterocycles. The highest BCUT2D eigenvalue weighted by Gasteiger charge is 2.28. The van der Waals surface area contributed by atoms with Crippen LogP contribution in [-0.2, 0) is 4.79 Å². The molecule has 0 saturated carbocycles. The van der Waals surface area contributed by atoms with E-state index in [1.807, 2.05) is 0 Å². The Kier molecular flexibility index (Phi) is 36.6. The summed E-state index contributed by atoms with van der Waals surface area (Å²) in [6.45, 7) is 4.04. The Bertz CT molecular complexity index is 687. The summed E-state index contributed by atoms with van der Waals surface area (Å²) in [5, 5.41) is 43.6. The van der Waals surface area contributed by atoms with Crippen molar-refractivity contribution in [3.63, 3.8) is 0 Å². The molecule has 0 aliphatic heterocycles. The number of carbonyl (C=O) groups excluding carboxylic acids is 1. The van der Waals surface area contributed by atoms with Gasteiger partial charge >= 0.3 is 0 Å². The Morgan fingerprint density at radius 1 is 0.500 bits per heavy atom. The monoisotopic (exact) mass is 682 g/mol. The van der Waals surface area contributed by atoms with Gasteiger partial charge in [0.15, 0.2) is 0 Å². The number of aliphatic hydroxyl groups is 4. The lowest BCUT2D eigenvalue weighted by Gasteiger charge is -2.27. The first-order valence-corrected chi connectivity index (χ1v) is 21.1. The van der Waals surface area contributed by atoms with E-state index >= 15 is 0 Å². The molecule has 0 aliphatic rings.